The lowest BCUT2D eigenvalue weighted by atomic mass is 9.98. The average Bonchev–Trinajstić information content (AvgIpc) is 3.31. The quantitative estimate of drug-likeness (QED) is 0.0209. The molecular formula is C51H84O15. The van der Waals surface area contributed by atoms with Crippen molar-refractivity contribution in [3.05, 3.63) is 72.9 Å². The van der Waals surface area contributed by atoms with E-state index in [1.807, 2.05) is 0 Å². The molecule has 0 aliphatic carbocycles. The van der Waals surface area contributed by atoms with Crippen molar-refractivity contribution in [3.63, 3.8) is 0 Å². The Balaban J connectivity index is 1.84. The largest absolute Gasteiger partial charge is 0.462 e. The molecule has 15 nitrogen and oxygen atoms in total. The maximum atomic E-state index is 13.0. The summed E-state index contributed by atoms with van der Waals surface area (Å²) in [7, 11) is 0. The first kappa shape index (κ1) is 59.1. The second kappa shape index (κ2) is 37.9. The molecule has 2 aliphatic rings. The van der Waals surface area contributed by atoms with Gasteiger partial charge in [-0.1, -0.05) is 125 Å². The zero-order valence-corrected chi connectivity index (χ0v) is 39.6. The van der Waals surface area contributed by atoms with Gasteiger partial charge in [0, 0.05) is 12.8 Å². The molecule has 0 aromatic rings. The van der Waals surface area contributed by atoms with Crippen molar-refractivity contribution in [3.8, 4) is 0 Å². The molecule has 11 atom stereocenters. The number of carbonyl (C=O) groups is 2. The van der Waals surface area contributed by atoms with Crippen molar-refractivity contribution >= 4 is 11.9 Å². The first-order valence-electron chi connectivity index (χ1n) is 24.5. The van der Waals surface area contributed by atoms with E-state index in [1.54, 1.807) is 0 Å². The number of rotatable bonds is 36. The highest BCUT2D eigenvalue weighted by atomic mass is 16.7. The van der Waals surface area contributed by atoms with E-state index in [9.17, 15) is 45.3 Å². The van der Waals surface area contributed by atoms with E-state index in [0.29, 0.717) is 12.8 Å². The summed E-state index contributed by atoms with van der Waals surface area (Å²) >= 11 is 0. The Hall–Kier alpha value is -3.06. The minimum absolute atomic E-state index is 0.138. The van der Waals surface area contributed by atoms with Gasteiger partial charge in [0.15, 0.2) is 18.7 Å². The van der Waals surface area contributed by atoms with E-state index in [-0.39, 0.29) is 19.4 Å². The molecule has 66 heavy (non-hydrogen) atoms. The fraction of sp³-hybridized carbons (Fsp3) is 0.725. The number of hydrogen-bond donors (Lipinski definition) is 7. The molecule has 0 aromatic heterocycles. The van der Waals surface area contributed by atoms with Gasteiger partial charge in [-0.3, -0.25) is 9.59 Å². The van der Waals surface area contributed by atoms with Crippen LogP contribution in [0.3, 0.4) is 0 Å². The molecule has 15 heteroatoms. The molecular weight excluding hydrogens is 853 g/mol. The molecule has 2 fully saturated rings. The fourth-order valence-electron chi connectivity index (χ4n) is 7.18. The number of unbranched alkanes of at least 4 members (excludes halogenated alkanes) is 10. The van der Waals surface area contributed by atoms with Crippen molar-refractivity contribution in [2.24, 2.45) is 0 Å². The summed E-state index contributed by atoms with van der Waals surface area (Å²) in [6.07, 6.45) is 26.5. The Kier molecular flexibility index (Phi) is 33.9. The van der Waals surface area contributed by atoms with Gasteiger partial charge in [-0.2, -0.15) is 0 Å². The van der Waals surface area contributed by atoms with Crippen LogP contribution in [0.2, 0.25) is 0 Å². The normalized spacial score (nSPS) is 26.8. The predicted octanol–water partition coefficient (Wildman–Crippen LogP) is 6.26. The van der Waals surface area contributed by atoms with Crippen LogP contribution in [-0.4, -0.2) is 142 Å². The second-order valence-corrected chi connectivity index (χ2v) is 16.9. The summed E-state index contributed by atoms with van der Waals surface area (Å²) in [5.74, 6) is -0.973. The van der Waals surface area contributed by atoms with Crippen LogP contribution < -0.4 is 0 Å². The number of aliphatic hydroxyl groups excluding tert-OH is 7. The lowest BCUT2D eigenvalue weighted by Crippen LogP contribution is -2.61. The van der Waals surface area contributed by atoms with Crippen LogP contribution in [-0.2, 0) is 38.0 Å². The van der Waals surface area contributed by atoms with Gasteiger partial charge in [-0.15, -0.1) is 0 Å². The lowest BCUT2D eigenvalue weighted by molar-refractivity contribution is -0.332. The van der Waals surface area contributed by atoms with E-state index in [2.05, 4.69) is 86.8 Å². The summed E-state index contributed by atoms with van der Waals surface area (Å²) in [5, 5.41) is 72.0. The SMILES string of the molecule is CC/C=C\C/C=C\C/C=C\CCCCCCCC(=O)OC[C@H](CO[C@H]1O[C@H](CO[C@H]2O[C@H](CO)[C@H](O)[C@H](O)[C@H]2O)[C@H](O)[C@H](O)[C@H]1O)OC(=O)CCCCCCC/C=C\C/C=C\C/C=C\CC. The molecule has 0 aromatic carbocycles. The van der Waals surface area contributed by atoms with Crippen molar-refractivity contribution in [1.82, 2.24) is 0 Å². The summed E-state index contributed by atoms with van der Waals surface area (Å²) in [6, 6.07) is 0. The van der Waals surface area contributed by atoms with E-state index >= 15 is 0 Å². The molecule has 0 bridgehead atoms. The Morgan fingerprint density at radius 1 is 0.485 bits per heavy atom. The average molecular weight is 937 g/mol. The lowest BCUT2D eigenvalue weighted by Gasteiger charge is -2.42. The fourth-order valence-corrected chi connectivity index (χ4v) is 7.18. The molecule has 0 radical (unpaired) electrons. The third-order valence-electron chi connectivity index (χ3n) is 11.2. The molecule has 378 valence electrons. The standard InChI is InChI=1S/C51H84O15/c1-3-5-7-9-11-13-15-17-19-21-23-25-27-29-31-33-42(53)61-36-39(64-43(54)34-32-30-28-26-24-22-20-18-16-14-12-10-8-6-4-2)37-62-50-49(60)47(58)45(56)41(66-50)38-63-51-48(59)46(57)44(55)40(35-52)65-51/h5-8,11-14,17-20,39-41,44-52,55-60H,3-4,9-10,15-16,21-38H2,1-2H3/b7-5-,8-6-,13-11-,14-12-,19-17-,20-18-/t39-,40-,41-,44+,45+,46+,47+,48-,49-,50+,51+/m1/s1. The monoisotopic (exact) mass is 937 g/mol. The van der Waals surface area contributed by atoms with Gasteiger partial charge in [-0.25, -0.2) is 0 Å². The number of hydrogen-bond acceptors (Lipinski definition) is 15. The Morgan fingerprint density at radius 3 is 1.42 bits per heavy atom. The third kappa shape index (κ3) is 25.9. The molecule has 2 heterocycles. The first-order valence-corrected chi connectivity index (χ1v) is 24.5. The topological polar surface area (TPSA) is 231 Å². The molecule has 0 amide bonds. The van der Waals surface area contributed by atoms with Crippen LogP contribution in [0, 0.1) is 0 Å². The predicted molar refractivity (Wildman–Crippen MR) is 252 cm³/mol. The maximum absolute atomic E-state index is 13.0. The summed E-state index contributed by atoms with van der Waals surface area (Å²) in [5.41, 5.74) is 0. The minimum atomic E-state index is -1.77. The van der Waals surface area contributed by atoms with E-state index < -0.39 is 99.3 Å². The number of aliphatic hydroxyl groups is 7. The van der Waals surface area contributed by atoms with Crippen molar-refractivity contribution in [1.29, 1.82) is 0 Å². The number of ether oxygens (including phenoxy) is 6. The minimum Gasteiger partial charge on any atom is -0.462 e. The van der Waals surface area contributed by atoms with E-state index in [1.165, 1.54) is 0 Å². The zero-order chi connectivity index (χ0) is 48.2. The molecule has 2 aliphatic heterocycles. The smallest absolute Gasteiger partial charge is 0.306 e. The number of esters is 2. The van der Waals surface area contributed by atoms with Gasteiger partial charge in [0.05, 0.1) is 19.8 Å². The van der Waals surface area contributed by atoms with Crippen LogP contribution in [0.25, 0.3) is 0 Å². The highest BCUT2D eigenvalue weighted by molar-refractivity contribution is 5.70. The number of carbonyl (C=O) groups excluding carboxylic acids is 2. The Morgan fingerprint density at radius 2 is 0.909 bits per heavy atom. The van der Waals surface area contributed by atoms with E-state index in [0.717, 1.165) is 103 Å². The molecule has 0 spiro atoms. The maximum Gasteiger partial charge on any atom is 0.306 e. The zero-order valence-electron chi connectivity index (χ0n) is 39.6. The second-order valence-electron chi connectivity index (χ2n) is 16.9. The van der Waals surface area contributed by atoms with Crippen LogP contribution in [0.4, 0.5) is 0 Å². The summed E-state index contributed by atoms with van der Waals surface area (Å²) in [4.78, 5) is 25.7. The van der Waals surface area contributed by atoms with Crippen LogP contribution in [0.1, 0.15) is 142 Å². The van der Waals surface area contributed by atoms with Gasteiger partial charge >= 0.3 is 11.9 Å². The van der Waals surface area contributed by atoms with Crippen molar-refractivity contribution in [2.45, 2.75) is 210 Å². The molecule has 0 unspecified atom stereocenters. The van der Waals surface area contributed by atoms with Gasteiger partial charge in [0.2, 0.25) is 0 Å². The highest BCUT2D eigenvalue weighted by Crippen LogP contribution is 2.26. The molecule has 0 saturated carbocycles. The third-order valence-corrected chi connectivity index (χ3v) is 11.2. The molecule has 7 N–H and O–H groups in total. The van der Waals surface area contributed by atoms with Crippen LogP contribution in [0.5, 0.6) is 0 Å². The van der Waals surface area contributed by atoms with Gasteiger partial charge in [0.1, 0.15) is 55.4 Å². The molecule has 2 rings (SSSR count). The highest BCUT2D eigenvalue weighted by Gasteiger charge is 2.47. The van der Waals surface area contributed by atoms with Crippen molar-refractivity contribution < 1.29 is 73.8 Å². The summed E-state index contributed by atoms with van der Waals surface area (Å²) in [6.45, 7) is 2.30. The van der Waals surface area contributed by atoms with Crippen LogP contribution in [0.15, 0.2) is 72.9 Å². The van der Waals surface area contributed by atoms with Gasteiger partial charge < -0.3 is 64.2 Å². The van der Waals surface area contributed by atoms with E-state index in [4.69, 9.17) is 28.4 Å². The van der Waals surface area contributed by atoms with Crippen molar-refractivity contribution in [2.75, 3.05) is 26.4 Å². The molecule has 2 saturated heterocycles. The van der Waals surface area contributed by atoms with Crippen LogP contribution >= 0.6 is 0 Å². The first-order chi connectivity index (χ1) is 32.0. The summed E-state index contributed by atoms with van der Waals surface area (Å²) < 4.78 is 33.5. The Labute approximate surface area is 393 Å². The van der Waals surface area contributed by atoms with Gasteiger partial charge in [0.25, 0.3) is 0 Å². The number of allylic oxidation sites excluding steroid dienone is 12. The van der Waals surface area contributed by atoms with Gasteiger partial charge in [-0.05, 0) is 77.0 Å². The Bertz CT molecular complexity index is 1430.